The van der Waals surface area contributed by atoms with Crippen molar-refractivity contribution in [1.82, 2.24) is 14.5 Å². The van der Waals surface area contributed by atoms with Gasteiger partial charge in [0, 0.05) is 32.0 Å². The van der Waals surface area contributed by atoms with E-state index >= 15 is 0 Å². The molecule has 78 valence electrons. The molecule has 0 spiro atoms. The van der Waals surface area contributed by atoms with Crippen LogP contribution in [0.15, 0.2) is 17.2 Å². The molecule has 0 bridgehead atoms. The second-order valence-corrected chi connectivity index (χ2v) is 3.99. The van der Waals surface area contributed by atoms with Gasteiger partial charge in [-0.2, -0.15) is 0 Å². The van der Waals surface area contributed by atoms with Crippen LogP contribution in [0.25, 0.3) is 0 Å². The van der Waals surface area contributed by atoms with E-state index in [0.717, 1.165) is 13.1 Å². The van der Waals surface area contributed by atoms with E-state index in [0.29, 0.717) is 6.04 Å². The Morgan fingerprint density at radius 3 is 2.93 bits per heavy atom. The van der Waals surface area contributed by atoms with Crippen molar-refractivity contribution < 1.29 is 0 Å². The van der Waals surface area contributed by atoms with Crippen molar-refractivity contribution in [1.29, 1.82) is 0 Å². The summed E-state index contributed by atoms with van der Waals surface area (Å²) in [5.74, 6) is 0. The summed E-state index contributed by atoms with van der Waals surface area (Å²) in [6, 6.07) is 0.476. The van der Waals surface area contributed by atoms with Crippen LogP contribution in [-0.4, -0.2) is 21.7 Å². The monoisotopic (exact) mass is 195 g/mol. The van der Waals surface area contributed by atoms with Gasteiger partial charge in [0.1, 0.15) is 0 Å². The number of aryl methyl sites for hydroxylation is 1. The Morgan fingerprint density at radius 2 is 2.36 bits per heavy atom. The zero-order valence-electron chi connectivity index (χ0n) is 8.57. The van der Waals surface area contributed by atoms with Gasteiger partial charge in [-0.1, -0.05) is 6.42 Å². The molecule has 0 amide bonds. The van der Waals surface area contributed by atoms with Crippen LogP contribution in [-0.2, 0) is 13.6 Å². The Kier molecular flexibility index (Phi) is 2.72. The molecule has 0 saturated carbocycles. The number of hydrogen-bond donors (Lipinski definition) is 1. The normalized spacial score (nSPS) is 22.5. The quantitative estimate of drug-likeness (QED) is 0.738. The first-order chi connectivity index (χ1) is 6.77. The molecule has 1 aliphatic rings. The van der Waals surface area contributed by atoms with Crippen molar-refractivity contribution in [2.75, 3.05) is 6.54 Å². The molecule has 1 aromatic rings. The summed E-state index contributed by atoms with van der Waals surface area (Å²) in [5.41, 5.74) is 0.0809. The molecule has 2 heterocycles. The van der Waals surface area contributed by atoms with Crippen LogP contribution in [0.5, 0.6) is 0 Å². The van der Waals surface area contributed by atoms with Gasteiger partial charge in [0.25, 0.3) is 0 Å². The molecule has 2 rings (SSSR count). The molecule has 0 aromatic carbocycles. The summed E-state index contributed by atoms with van der Waals surface area (Å²) in [6.45, 7) is 1.89. The maximum Gasteiger partial charge on any atom is 0.327 e. The van der Waals surface area contributed by atoms with Crippen LogP contribution in [0.2, 0.25) is 0 Å². The highest BCUT2D eigenvalue weighted by molar-refractivity contribution is 4.83. The molecule has 1 unspecified atom stereocenters. The second-order valence-electron chi connectivity index (χ2n) is 3.99. The van der Waals surface area contributed by atoms with Crippen LogP contribution in [0, 0.1) is 0 Å². The zero-order chi connectivity index (χ0) is 9.97. The van der Waals surface area contributed by atoms with Gasteiger partial charge < -0.3 is 9.88 Å². The summed E-state index contributed by atoms with van der Waals surface area (Å²) in [7, 11) is 1.78. The summed E-state index contributed by atoms with van der Waals surface area (Å²) in [6.07, 6.45) is 7.39. The van der Waals surface area contributed by atoms with E-state index in [1.54, 1.807) is 16.2 Å². The van der Waals surface area contributed by atoms with E-state index in [4.69, 9.17) is 0 Å². The molecule has 1 aromatic heterocycles. The van der Waals surface area contributed by atoms with Crippen molar-refractivity contribution in [3.8, 4) is 0 Å². The summed E-state index contributed by atoms with van der Waals surface area (Å²) >= 11 is 0. The minimum Gasteiger partial charge on any atom is -0.312 e. The minimum absolute atomic E-state index is 0.0809. The third-order valence-corrected chi connectivity index (χ3v) is 2.85. The summed E-state index contributed by atoms with van der Waals surface area (Å²) in [5, 5.41) is 3.44. The van der Waals surface area contributed by atoms with Gasteiger partial charge in [0.2, 0.25) is 0 Å². The lowest BCUT2D eigenvalue weighted by molar-refractivity contribution is 0.359. The summed E-state index contributed by atoms with van der Waals surface area (Å²) < 4.78 is 3.39. The van der Waals surface area contributed by atoms with Crippen molar-refractivity contribution >= 4 is 0 Å². The number of nitrogens with zero attached hydrogens (tertiary/aromatic N) is 2. The van der Waals surface area contributed by atoms with Crippen LogP contribution in [0.1, 0.15) is 19.3 Å². The maximum absolute atomic E-state index is 11.5. The average molecular weight is 195 g/mol. The lowest BCUT2D eigenvalue weighted by atomic mass is 10.1. The number of nitrogens with one attached hydrogen (secondary N) is 1. The number of aromatic nitrogens is 2. The van der Waals surface area contributed by atoms with Gasteiger partial charge in [0.05, 0.1) is 0 Å². The van der Waals surface area contributed by atoms with Crippen LogP contribution >= 0.6 is 0 Å². The molecule has 1 aliphatic heterocycles. The second kappa shape index (κ2) is 4.00. The fourth-order valence-electron chi connectivity index (χ4n) is 1.97. The smallest absolute Gasteiger partial charge is 0.312 e. The molecule has 1 N–H and O–H groups in total. The Labute approximate surface area is 83.5 Å². The van der Waals surface area contributed by atoms with Crippen LogP contribution in [0.3, 0.4) is 0 Å². The van der Waals surface area contributed by atoms with Gasteiger partial charge >= 0.3 is 5.69 Å². The molecule has 14 heavy (non-hydrogen) atoms. The van der Waals surface area contributed by atoms with Gasteiger partial charge in [-0.15, -0.1) is 0 Å². The fourth-order valence-corrected chi connectivity index (χ4v) is 1.97. The number of hydrogen-bond acceptors (Lipinski definition) is 2. The molecule has 1 atom stereocenters. The maximum atomic E-state index is 11.5. The highest BCUT2D eigenvalue weighted by atomic mass is 16.1. The Hall–Kier alpha value is -1.03. The van der Waals surface area contributed by atoms with Crippen molar-refractivity contribution in [2.24, 2.45) is 7.05 Å². The predicted molar refractivity (Wildman–Crippen MR) is 55.3 cm³/mol. The van der Waals surface area contributed by atoms with Crippen molar-refractivity contribution in [3.05, 3.63) is 22.9 Å². The first kappa shape index (κ1) is 9.52. The molecule has 4 nitrogen and oxygen atoms in total. The molecule has 0 aliphatic carbocycles. The van der Waals surface area contributed by atoms with E-state index in [-0.39, 0.29) is 5.69 Å². The van der Waals surface area contributed by atoms with Gasteiger partial charge in [0.15, 0.2) is 0 Å². The van der Waals surface area contributed by atoms with E-state index < -0.39 is 0 Å². The largest absolute Gasteiger partial charge is 0.327 e. The standard InChI is InChI=1S/C10H17N3O/c1-12-6-7-13(10(12)14)8-9-4-2-3-5-11-9/h6-7,9,11H,2-5,8H2,1H3. The third-order valence-electron chi connectivity index (χ3n) is 2.85. The van der Waals surface area contributed by atoms with E-state index in [9.17, 15) is 4.79 Å². The topological polar surface area (TPSA) is 39.0 Å². The number of rotatable bonds is 2. The van der Waals surface area contributed by atoms with Crippen LogP contribution < -0.4 is 11.0 Å². The number of imidazole rings is 1. The third kappa shape index (κ3) is 1.90. The highest BCUT2D eigenvalue weighted by Gasteiger charge is 2.13. The molecule has 0 radical (unpaired) electrons. The Bertz CT molecular complexity index is 346. The first-order valence-electron chi connectivity index (χ1n) is 5.22. The van der Waals surface area contributed by atoms with Gasteiger partial charge in [-0.3, -0.25) is 4.57 Å². The molecular formula is C10H17N3O. The van der Waals surface area contributed by atoms with E-state index in [1.807, 2.05) is 12.4 Å². The lowest BCUT2D eigenvalue weighted by Crippen LogP contribution is -2.39. The summed E-state index contributed by atoms with van der Waals surface area (Å²) in [4.78, 5) is 11.5. The SMILES string of the molecule is Cn1ccn(CC2CCCCN2)c1=O. The molecule has 1 saturated heterocycles. The lowest BCUT2D eigenvalue weighted by Gasteiger charge is -2.23. The predicted octanol–water partition coefficient (Wildman–Crippen LogP) is 0.329. The molecule has 1 fully saturated rings. The molecule has 4 heteroatoms. The van der Waals surface area contributed by atoms with Crippen LogP contribution in [0.4, 0.5) is 0 Å². The minimum atomic E-state index is 0.0809. The Balaban J connectivity index is 2.02. The van der Waals surface area contributed by atoms with E-state index in [1.165, 1.54) is 19.3 Å². The van der Waals surface area contributed by atoms with Crippen molar-refractivity contribution in [2.45, 2.75) is 31.8 Å². The van der Waals surface area contributed by atoms with E-state index in [2.05, 4.69) is 5.32 Å². The fraction of sp³-hybridized carbons (Fsp3) is 0.700. The highest BCUT2D eigenvalue weighted by Crippen LogP contribution is 2.07. The number of piperidine rings is 1. The molecular weight excluding hydrogens is 178 g/mol. The van der Waals surface area contributed by atoms with Gasteiger partial charge in [-0.25, -0.2) is 4.79 Å². The average Bonchev–Trinajstić information content (AvgIpc) is 2.52. The van der Waals surface area contributed by atoms with Gasteiger partial charge in [-0.05, 0) is 19.4 Å². The van der Waals surface area contributed by atoms with Crippen molar-refractivity contribution in [3.63, 3.8) is 0 Å². The first-order valence-corrected chi connectivity index (χ1v) is 5.22. The zero-order valence-corrected chi connectivity index (χ0v) is 8.57. The Morgan fingerprint density at radius 1 is 1.50 bits per heavy atom.